The van der Waals surface area contributed by atoms with E-state index < -0.39 is 0 Å². The van der Waals surface area contributed by atoms with Gasteiger partial charge in [0.15, 0.2) is 0 Å². The summed E-state index contributed by atoms with van der Waals surface area (Å²) in [5, 5.41) is 3.25. The highest BCUT2D eigenvalue weighted by Crippen LogP contribution is 2.29. The SMILES string of the molecule is CCc1cccc(Oc2ccccc2C(C)NC)c1. The molecule has 2 aromatic rings. The van der Waals surface area contributed by atoms with E-state index in [2.05, 4.69) is 37.4 Å². The first-order chi connectivity index (χ1) is 9.24. The molecular weight excluding hydrogens is 234 g/mol. The van der Waals surface area contributed by atoms with Gasteiger partial charge in [-0.3, -0.25) is 0 Å². The fourth-order valence-corrected chi connectivity index (χ4v) is 2.04. The lowest BCUT2D eigenvalue weighted by atomic mass is 10.1. The highest BCUT2D eigenvalue weighted by atomic mass is 16.5. The summed E-state index contributed by atoms with van der Waals surface area (Å²) >= 11 is 0. The number of aryl methyl sites for hydroxylation is 1. The molecule has 0 aliphatic rings. The number of hydrogen-bond donors (Lipinski definition) is 1. The van der Waals surface area contributed by atoms with Gasteiger partial charge >= 0.3 is 0 Å². The van der Waals surface area contributed by atoms with Crippen molar-refractivity contribution in [2.75, 3.05) is 7.05 Å². The Bertz CT molecular complexity index is 536. The lowest BCUT2D eigenvalue weighted by Gasteiger charge is -2.16. The fourth-order valence-electron chi connectivity index (χ4n) is 2.04. The molecule has 0 radical (unpaired) electrons. The Balaban J connectivity index is 2.27. The fraction of sp³-hybridized carbons (Fsp3) is 0.294. The van der Waals surface area contributed by atoms with Crippen LogP contribution in [0.15, 0.2) is 48.5 Å². The van der Waals surface area contributed by atoms with Crippen molar-refractivity contribution < 1.29 is 4.74 Å². The molecule has 19 heavy (non-hydrogen) atoms. The third kappa shape index (κ3) is 3.36. The summed E-state index contributed by atoms with van der Waals surface area (Å²) in [5.41, 5.74) is 2.46. The van der Waals surface area contributed by atoms with Gasteiger partial charge in [0.05, 0.1) is 0 Å². The van der Waals surface area contributed by atoms with Crippen LogP contribution < -0.4 is 10.1 Å². The number of nitrogens with one attached hydrogen (secondary N) is 1. The number of ether oxygens (including phenoxy) is 1. The standard InChI is InChI=1S/C17H21NO/c1-4-14-8-7-9-15(12-14)19-17-11-6-5-10-16(17)13(2)18-3/h5-13,18H,4H2,1-3H3. The first kappa shape index (κ1) is 13.6. The lowest BCUT2D eigenvalue weighted by molar-refractivity contribution is 0.466. The summed E-state index contributed by atoms with van der Waals surface area (Å²) < 4.78 is 6.03. The third-order valence-electron chi connectivity index (χ3n) is 3.35. The second-order valence-electron chi connectivity index (χ2n) is 4.65. The number of rotatable bonds is 5. The molecule has 0 saturated heterocycles. The van der Waals surface area contributed by atoms with Crippen LogP contribution in [0.25, 0.3) is 0 Å². The van der Waals surface area contributed by atoms with E-state index >= 15 is 0 Å². The number of benzene rings is 2. The zero-order chi connectivity index (χ0) is 13.7. The summed E-state index contributed by atoms with van der Waals surface area (Å²) in [6, 6.07) is 16.7. The summed E-state index contributed by atoms with van der Waals surface area (Å²) in [7, 11) is 1.96. The van der Waals surface area contributed by atoms with E-state index in [-0.39, 0.29) is 6.04 Å². The molecule has 1 unspecified atom stereocenters. The first-order valence-corrected chi connectivity index (χ1v) is 6.77. The van der Waals surface area contributed by atoms with Crippen LogP contribution in [0, 0.1) is 0 Å². The average Bonchev–Trinajstić information content (AvgIpc) is 2.47. The zero-order valence-electron chi connectivity index (χ0n) is 11.8. The minimum absolute atomic E-state index is 0.269. The predicted octanol–water partition coefficient (Wildman–Crippen LogP) is 4.32. The molecule has 1 atom stereocenters. The molecule has 0 amide bonds. The van der Waals surface area contributed by atoms with Gasteiger partial charge in [-0.2, -0.15) is 0 Å². The monoisotopic (exact) mass is 255 g/mol. The van der Waals surface area contributed by atoms with Crippen LogP contribution in [0.2, 0.25) is 0 Å². The molecule has 0 spiro atoms. The van der Waals surface area contributed by atoms with E-state index in [4.69, 9.17) is 4.74 Å². The van der Waals surface area contributed by atoms with Gasteiger partial charge in [0, 0.05) is 11.6 Å². The Morgan fingerprint density at radius 1 is 1.11 bits per heavy atom. The second-order valence-corrected chi connectivity index (χ2v) is 4.65. The van der Waals surface area contributed by atoms with Gasteiger partial charge in [0.25, 0.3) is 0 Å². The van der Waals surface area contributed by atoms with E-state index in [1.54, 1.807) is 0 Å². The molecule has 0 fully saturated rings. The molecule has 0 aliphatic heterocycles. The molecule has 2 aromatic carbocycles. The van der Waals surface area contributed by atoms with Crippen molar-refractivity contribution in [2.24, 2.45) is 0 Å². The molecule has 2 heteroatoms. The average molecular weight is 255 g/mol. The van der Waals surface area contributed by atoms with Crippen molar-refractivity contribution in [3.8, 4) is 11.5 Å². The van der Waals surface area contributed by atoms with Gasteiger partial charge in [0.2, 0.25) is 0 Å². The Morgan fingerprint density at radius 3 is 2.63 bits per heavy atom. The molecule has 0 bridgehead atoms. The first-order valence-electron chi connectivity index (χ1n) is 6.77. The largest absolute Gasteiger partial charge is 0.457 e. The molecule has 0 aromatic heterocycles. The Hall–Kier alpha value is -1.80. The van der Waals surface area contributed by atoms with E-state index in [1.807, 2.05) is 37.4 Å². The predicted molar refractivity (Wildman–Crippen MR) is 79.8 cm³/mol. The van der Waals surface area contributed by atoms with E-state index in [0.717, 1.165) is 17.9 Å². The van der Waals surface area contributed by atoms with E-state index in [1.165, 1.54) is 11.1 Å². The maximum absolute atomic E-state index is 6.03. The zero-order valence-corrected chi connectivity index (χ0v) is 11.8. The molecule has 2 rings (SSSR count). The second kappa shape index (κ2) is 6.39. The van der Waals surface area contributed by atoms with Crippen LogP contribution in [0.3, 0.4) is 0 Å². The van der Waals surface area contributed by atoms with Gasteiger partial charge in [-0.05, 0) is 44.2 Å². The van der Waals surface area contributed by atoms with Gasteiger partial charge < -0.3 is 10.1 Å². The molecular formula is C17H21NO. The Labute approximate surface area is 115 Å². The van der Waals surface area contributed by atoms with Crippen molar-refractivity contribution in [3.63, 3.8) is 0 Å². The molecule has 0 heterocycles. The Kier molecular flexibility index (Phi) is 4.58. The van der Waals surface area contributed by atoms with Crippen LogP contribution >= 0.6 is 0 Å². The maximum atomic E-state index is 6.03. The van der Waals surface area contributed by atoms with Crippen LogP contribution in [0.4, 0.5) is 0 Å². The quantitative estimate of drug-likeness (QED) is 0.859. The van der Waals surface area contributed by atoms with Crippen LogP contribution in [0.1, 0.15) is 31.0 Å². The van der Waals surface area contributed by atoms with Crippen molar-refractivity contribution in [1.82, 2.24) is 5.32 Å². The number of para-hydroxylation sites is 1. The Morgan fingerprint density at radius 2 is 1.89 bits per heavy atom. The highest BCUT2D eigenvalue weighted by Gasteiger charge is 2.10. The van der Waals surface area contributed by atoms with Crippen molar-refractivity contribution in [1.29, 1.82) is 0 Å². The van der Waals surface area contributed by atoms with Gasteiger partial charge in [0.1, 0.15) is 11.5 Å². The smallest absolute Gasteiger partial charge is 0.132 e. The summed E-state index contributed by atoms with van der Waals surface area (Å²) in [6.45, 7) is 4.28. The topological polar surface area (TPSA) is 21.3 Å². The van der Waals surface area contributed by atoms with E-state index in [0.29, 0.717) is 0 Å². The van der Waals surface area contributed by atoms with Crippen molar-refractivity contribution >= 4 is 0 Å². The normalized spacial score (nSPS) is 12.2. The summed E-state index contributed by atoms with van der Waals surface area (Å²) in [5.74, 6) is 1.81. The van der Waals surface area contributed by atoms with Crippen LogP contribution in [-0.2, 0) is 6.42 Å². The van der Waals surface area contributed by atoms with Gasteiger partial charge in [-0.25, -0.2) is 0 Å². The molecule has 0 saturated carbocycles. The van der Waals surface area contributed by atoms with Gasteiger partial charge in [-0.15, -0.1) is 0 Å². The van der Waals surface area contributed by atoms with Gasteiger partial charge in [-0.1, -0.05) is 37.3 Å². The minimum atomic E-state index is 0.269. The molecule has 0 aliphatic carbocycles. The number of hydrogen-bond acceptors (Lipinski definition) is 2. The van der Waals surface area contributed by atoms with Crippen molar-refractivity contribution in [2.45, 2.75) is 26.3 Å². The van der Waals surface area contributed by atoms with E-state index in [9.17, 15) is 0 Å². The third-order valence-corrected chi connectivity index (χ3v) is 3.35. The molecule has 2 nitrogen and oxygen atoms in total. The maximum Gasteiger partial charge on any atom is 0.132 e. The van der Waals surface area contributed by atoms with Crippen LogP contribution in [0.5, 0.6) is 11.5 Å². The van der Waals surface area contributed by atoms with Crippen LogP contribution in [-0.4, -0.2) is 7.05 Å². The summed E-state index contributed by atoms with van der Waals surface area (Å²) in [4.78, 5) is 0. The van der Waals surface area contributed by atoms with Crippen molar-refractivity contribution in [3.05, 3.63) is 59.7 Å². The molecule has 1 N–H and O–H groups in total. The summed E-state index contributed by atoms with van der Waals surface area (Å²) in [6.07, 6.45) is 1.02. The highest BCUT2D eigenvalue weighted by molar-refractivity contribution is 5.40. The lowest BCUT2D eigenvalue weighted by Crippen LogP contribution is -2.13. The minimum Gasteiger partial charge on any atom is -0.457 e. The molecule has 100 valence electrons.